The number of hydrogen-bond acceptors (Lipinski definition) is 5. The summed E-state index contributed by atoms with van der Waals surface area (Å²) < 4.78 is 14.6. The van der Waals surface area contributed by atoms with Crippen LogP contribution in [0.5, 0.6) is 11.5 Å². The zero-order valence-electron chi connectivity index (χ0n) is 19.7. The van der Waals surface area contributed by atoms with Gasteiger partial charge in [-0.15, -0.1) is 11.3 Å². The van der Waals surface area contributed by atoms with Gasteiger partial charge in [-0.1, -0.05) is 27.7 Å². The van der Waals surface area contributed by atoms with Crippen LogP contribution in [0.2, 0.25) is 0 Å². The van der Waals surface area contributed by atoms with Crippen LogP contribution in [0.15, 0.2) is 36.4 Å². The quantitative estimate of drug-likeness (QED) is 0.274. The number of rotatable bonds is 14. The van der Waals surface area contributed by atoms with Crippen LogP contribution >= 0.6 is 11.3 Å². The predicted octanol–water partition coefficient (Wildman–Crippen LogP) is 6.28. The van der Waals surface area contributed by atoms with Crippen LogP contribution < -0.4 is 9.47 Å². The highest BCUT2D eigenvalue weighted by Crippen LogP contribution is 2.37. The molecule has 0 aliphatic rings. The van der Waals surface area contributed by atoms with E-state index in [-0.39, 0.29) is 0 Å². The molecule has 2 aromatic carbocycles. The Kier molecular flexibility index (Phi) is 9.44. The van der Waals surface area contributed by atoms with E-state index in [2.05, 4.69) is 73.9 Å². The number of nitrogens with zero attached hydrogens (tertiary/aromatic N) is 2. The number of thiophene rings is 1. The van der Waals surface area contributed by atoms with Crippen LogP contribution in [-0.4, -0.2) is 62.3 Å². The molecule has 0 aliphatic heterocycles. The average Bonchev–Trinajstić information content (AvgIpc) is 3.16. The molecule has 3 rings (SSSR count). The minimum Gasteiger partial charge on any atom is -0.493 e. The Bertz CT molecular complexity index is 857. The third-order valence-corrected chi connectivity index (χ3v) is 7.10. The van der Waals surface area contributed by atoms with Gasteiger partial charge >= 0.3 is 0 Å². The number of ether oxygens (including phenoxy) is 2. The molecule has 0 spiro atoms. The molecular formula is C26H38N2O2S. The molecule has 170 valence electrons. The first-order valence-corrected chi connectivity index (χ1v) is 12.7. The molecular weight excluding hydrogens is 404 g/mol. The van der Waals surface area contributed by atoms with E-state index in [1.165, 1.54) is 20.2 Å². The lowest BCUT2D eigenvalue weighted by molar-refractivity contribution is 0.249. The SMILES string of the molecule is CCN(CC)CCCOc1ccc2c(c1)sc1cc(OCCCN(CC)CC)ccc12. The van der Waals surface area contributed by atoms with Gasteiger partial charge in [0.25, 0.3) is 0 Å². The monoisotopic (exact) mass is 442 g/mol. The molecule has 0 amide bonds. The second kappa shape index (κ2) is 12.3. The largest absolute Gasteiger partial charge is 0.493 e. The van der Waals surface area contributed by atoms with Gasteiger partial charge in [0.15, 0.2) is 0 Å². The topological polar surface area (TPSA) is 24.9 Å². The molecule has 1 heterocycles. The lowest BCUT2D eigenvalue weighted by Gasteiger charge is -2.17. The fourth-order valence-corrected chi connectivity index (χ4v) is 5.12. The Hall–Kier alpha value is -1.82. The molecule has 0 fully saturated rings. The third-order valence-electron chi connectivity index (χ3n) is 5.98. The summed E-state index contributed by atoms with van der Waals surface area (Å²) in [7, 11) is 0. The summed E-state index contributed by atoms with van der Waals surface area (Å²) in [4.78, 5) is 4.86. The smallest absolute Gasteiger partial charge is 0.120 e. The molecule has 0 bridgehead atoms. The average molecular weight is 443 g/mol. The van der Waals surface area contributed by atoms with Gasteiger partial charge in [-0.05, 0) is 75.4 Å². The maximum atomic E-state index is 6.03. The Morgan fingerprint density at radius 3 is 1.45 bits per heavy atom. The molecule has 0 atom stereocenters. The van der Waals surface area contributed by atoms with Crippen molar-refractivity contribution in [3.05, 3.63) is 36.4 Å². The van der Waals surface area contributed by atoms with Crippen molar-refractivity contribution < 1.29 is 9.47 Å². The zero-order valence-corrected chi connectivity index (χ0v) is 20.5. The van der Waals surface area contributed by atoms with E-state index in [1.807, 2.05) is 11.3 Å². The standard InChI is InChI=1S/C26H38N2O2S/c1-5-27(6-2)15-9-17-29-21-11-13-23-24-14-12-22(20-26(24)31-25(23)19-21)30-18-10-16-28(7-3)8-4/h11-14,19-20H,5-10,15-18H2,1-4H3. The first-order valence-electron chi connectivity index (χ1n) is 11.8. The molecule has 0 aliphatic carbocycles. The van der Waals surface area contributed by atoms with Gasteiger partial charge in [-0.25, -0.2) is 0 Å². The van der Waals surface area contributed by atoms with Gasteiger partial charge in [0.05, 0.1) is 13.2 Å². The van der Waals surface area contributed by atoms with Crippen LogP contribution in [0.4, 0.5) is 0 Å². The molecule has 0 saturated carbocycles. The maximum Gasteiger partial charge on any atom is 0.120 e. The Morgan fingerprint density at radius 2 is 1.06 bits per heavy atom. The number of fused-ring (bicyclic) bond motifs is 3. The first kappa shape index (κ1) is 23.8. The minimum absolute atomic E-state index is 0.762. The highest BCUT2D eigenvalue weighted by molar-refractivity contribution is 7.25. The summed E-state index contributed by atoms with van der Waals surface area (Å²) in [6.45, 7) is 17.0. The summed E-state index contributed by atoms with van der Waals surface area (Å²) in [5, 5.41) is 2.59. The molecule has 0 radical (unpaired) electrons. The van der Waals surface area contributed by atoms with Crippen molar-refractivity contribution in [1.29, 1.82) is 0 Å². The fourth-order valence-electron chi connectivity index (χ4n) is 3.95. The van der Waals surface area contributed by atoms with E-state index in [4.69, 9.17) is 9.47 Å². The molecule has 4 nitrogen and oxygen atoms in total. The Labute approximate surface area is 191 Å². The van der Waals surface area contributed by atoms with Crippen molar-refractivity contribution >= 4 is 31.5 Å². The van der Waals surface area contributed by atoms with Crippen molar-refractivity contribution in [2.45, 2.75) is 40.5 Å². The van der Waals surface area contributed by atoms with Gasteiger partial charge in [0.2, 0.25) is 0 Å². The Morgan fingerprint density at radius 1 is 0.645 bits per heavy atom. The van der Waals surface area contributed by atoms with Gasteiger partial charge in [-0.2, -0.15) is 0 Å². The normalized spacial score (nSPS) is 11.8. The minimum atomic E-state index is 0.762. The van der Waals surface area contributed by atoms with Crippen LogP contribution in [-0.2, 0) is 0 Å². The van der Waals surface area contributed by atoms with E-state index >= 15 is 0 Å². The van der Waals surface area contributed by atoms with Gasteiger partial charge in [0, 0.05) is 33.3 Å². The van der Waals surface area contributed by atoms with E-state index < -0.39 is 0 Å². The molecule has 0 saturated heterocycles. The second-order valence-electron chi connectivity index (χ2n) is 7.88. The van der Waals surface area contributed by atoms with Gasteiger partial charge in [0.1, 0.15) is 11.5 Å². The third kappa shape index (κ3) is 6.58. The lowest BCUT2D eigenvalue weighted by atomic mass is 10.1. The van der Waals surface area contributed by atoms with Crippen LogP contribution in [0, 0.1) is 0 Å². The highest BCUT2D eigenvalue weighted by atomic mass is 32.1. The molecule has 5 heteroatoms. The van der Waals surface area contributed by atoms with Crippen molar-refractivity contribution in [3.63, 3.8) is 0 Å². The van der Waals surface area contributed by atoms with E-state index in [0.717, 1.165) is 76.8 Å². The van der Waals surface area contributed by atoms with Crippen LogP contribution in [0.3, 0.4) is 0 Å². The molecule has 3 aromatic rings. The summed E-state index contributed by atoms with van der Waals surface area (Å²) in [6.07, 6.45) is 2.11. The van der Waals surface area contributed by atoms with Crippen molar-refractivity contribution in [2.24, 2.45) is 0 Å². The van der Waals surface area contributed by atoms with Crippen LogP contribution in [0.1, 0.15) is 40.5 Å². The molecule has 0 unspecified atom stereocenters. The number of hydrogen-bond donors (Lipinski definition) is 0. The second-order valence-corrected chi connectivity index (χ2v) is 8.96. The first-order chi connectivity index (χ1) is 15.2. The Balaban J connectivity index is 1.58. The predicted molar refractivity (Wildman–Crippen MR) is 135 cm³/mol. The van der Waals surface area contributed by atoms with Gasteiger partial charge in [-0.3, -0.25) is 0 Å². The highest BCUT2D eigenvalue weighted by Gasteiger charge is 2.08. The van der Waals surface area contributed by atoms with Crippen molar-refractivity contribution in [2.75, 3.05) is 52.5 Å². The summed E-state index contributed by atoms with van der Waals surface area (Å²) >= 11 is 1.82. The maximum absolute atomic E-state index is 6.03. The molecule has 0 N–H and O–H groups in total. The van der Waals surface area contributed by atoms with E-state index in [1.54, 1.807) is 0 Å². The summed E-state index contributed by atoms with van der Waals surface area (Å²) in [5.41, 5.74) is 0. The van der Waals surface area contributed by atoms with Crippen LogP contribution in [0.25, 0.3) is 20.2 Å². The van der Waals surface area contributed by atoms with Crippen molar-refractivity contribution in [3.8, 4) is 11.5 Å². The lowest BCUT2D eigenvalue weighted by Crippen LogP contribution is -2.25. The zero-order chi connectivity index (χ0) is 22.1. The fraction of sp³-hybridized carbons (Fsp3) is 0.538. The molecule has 1 aromatic heterocycles. The summed E-state index contributed by atoms with van der Waals surface area (Å²) in [6, 6.07) is 13.0. The van der Waals surface area contributed by atoms with E-state index in [9.17, 15) is 0 Å². The summed E-state index contributed by atoms with van der Waals surface area (Å²) in [5.74, 6) is 1.93. The van der Waals surface area contributed by atoms with E-state index in [0.29, 0.717) is 0 Å². The number of benzene rings is 2. The van der Waals surface area contributed by atoms with Gasteiger partial charge < -0.3 is 19.3 Å². The van der Waals surface area contributed by atoms with Crippen molar-refractivity contribution in [1.82, 2.24) is 9.80 Å². The molecule has 31 heavy (non-hydrogen) atoms.